The van der Waals surface area contributed by atoms with Gasteiger partial charge < -0.3 is 10.2 Å². The third-order valence-corrected chi connectivity index (χ3v) is 5.01. The van der Waals surface area contributed by atoms with Crippen molar-refractivity contribution >= 4 is 0 Å². The first-order valence-corrected chi connectivity index (χ1v) is 7.56. The number of piperidine rings is 3. The Labute approximate surface area is 106 Å². The van der Waals surface area contributed by atoms with Crippen LogP contribution in [0.1, 0.15) is 32.6 Å². The van der Waals surface area contributed by atoms with E-state index >= 15 is 0 Å². The zero-order chi connectivity index (χ0) is 11.7. The molecule has 2 atom stereocenters. The first kappa shape index (κ1) is 11.9. The third kappa shape index (κ3) is 2.51. The van der Waals surface area contributed by atoms with Gasteiger partial charge in [0.1, 0.15) is 0 Å². The molecule has 0 amide bonds. The van der Waals surface area contributed by atoms with E-state index in [-0.39, 0.29) is 0 Å². The fraction of sp³-hybridized carbons (Fsp3) is 1.00. The van der Waals surface area contributed by atoms with Crippen molar-refractivity contribution in [2.45, 2.75) is 44.7 Å². The van der Waals surface area contributed by atoms with Gasteiger partial charge in [0.2, 0.25) is 0 Å². The van der Waals surface area contributed by atoms with Gasteiger partial charge in [0.15, 0.2) is 0 Å². The highest BCUT2D eigenvalue weighted by atomic mass is 15.3. The predicted molar refractivity (Wildman–Crippen MR) is 71.2 cm³/mol. The zero-order valence-corrected chi connectivity index (χ0v) is 11.2. The van der Waals surface area contributed by atoms with Crippen LogP contribution in [0.5, 0.6) is 0 Å². The maximum Gasteiger partial charge on any atom is 0.0253 e. The van der Waals surface area contributed by atoms with Gasteiger partial charge in [-0.1, -0.05) is 13.3 Å². The second kappa shape index (κ2) is 5.25. The Balaban J connectivity index is 1.60. The van der Waals surface area contributed by atoms with Crippen molar-refractivity contribution in [1.29, 1.82) is 0 Å². The molecule has 4 aliphatic rings. The minimum Gasteiger partial charge on any atom is -0.311 e. The number of piperazine rings is 1. The van der Waals surface area contributed by atoms with Crippen LogP contribution in [0.4, 0.5) is 0 Å². The molecule has 0 saturated carbocycles. The average molecular weight is 237 g/mol. The summed E-state index contributed by atoms with van der Waals surface area (Å²) in [5.74, 6) is 1.00. The van der Waals surface area contributed by atoms with Crippen molar-refractivity contribution in [3.63, 3.8) is 0 Å². The topological polar surface area (TPSA) is 18.5 Å². The molecule has 17 heavy (non-hydrogen) atoms. The molecule has 0 aromatic heterocycles. The van der Waals surface area contributed by atoms with Gasteiger partial charge in [-0.2, -0.15) is 0 Å². The molecule has 3 heteroatoms. The van der Waals surface area contributed by atoms with Gasteiger partial charge in [-0.3, -0.25) is 4.90 Å². The standard InChI is InChI=1S/C14H27N3/c1-2-3-13-10-17(9-6-15-13)14-11-16-7-4-12(14)5-8-16/h12-15H,2-11H2,1H3. The van der Waals surface area contributed by atoms with Crippen LogP contribution < -0.4 is 5.32 Å². The van der Waals surface area contributed by atoms with E-state index in [0.717, 1.165) is 18.0 Å². The highest BCUT2D eigenvalue weighted by Crippen LogP contribution is 2.31. The van der Waals surface area contributed by atoms with Crippen molar-refractivity contribution < 1.29 is 0 Å². The number of rotatable bonds is 3. The van der Waals surface area contributed by atoms with E-state index in [1.54, 1.807) is 0 Å². The van der Waals surface area contributed by atoms with Crippen LogP contribution >= 0.6 is 0 Å². The van der Waals surface area contributed by atoms with E-state index < -0.39 is 0 Å². The van der Waals surface area contributed by atoms with E-state index in [2.05, 4.69) is 22.0 Å². The second-order valence-corrected chi connectivity index (χ2v) is 6.14. The van der Waals surface area contributed by atoms with E-state index in [1.165, 1.54) is 65.0 Å². The normalized spacial score (nSPS) is 42.9. The molecule has 4 aliphatic heterocycles. The Morgan fingerprint density at radius 3 is 2.59 bits per heavy atom. The molecule has 4 heterocycles. The quantitative estimate of drug-likeness (QED) is 0.794. The van der Waals surface area contributed by atoms with Gasteiger partial charge in [-0.05, 0) is 38.3 Å². The monoisotopic (exact) mass is 237 g/mol. The molecular formula is C14H27N3. The Kier molecular flexibility index (Phi) is 3.69. The molecule has 98 valence electrons. The molecule has 4 rings (SSSR count). The molecule has 4 fully saturated rings. The molecule has 2 unspecified atom stereocenters. The van der Waals surface area contributed by atoms with Crippen molar-refractivity contribution in [3.05, 3.63) is 0 Å². The number of fused-ring (bicyclic) bond motifs is 3. The second-order valence-electron chi connectivity index (χ2n) is 6.14. The van der Waals surface area contributed by atoms with Gasteiger partial charge in [-0.15, -0.1) is 0 Å². The summed E-state index contributed by atoms with van der Waals surface area (Å²) in [5.41, 5.74) is 0. The summed E-state index contributed by atoms with van der Waals surface area (Å²) in [6.45, 7) is 10.2. The average Bonchev–Trinajstić information content (AvgIpc) is 2.41. The summed E-state index contributed by atoms with van der Waals surface area (Å²) in [4.78, 5) is 5.48. The number of hydrogen-bond acceptors (Lipinski definition) is 3. The summed E-state index contributed by atoms with van der Waals surface area (Å²) in [7, 11) is 0. The van der Waals surface area contributed by atoms with Crippen LogP contribution in [0.3, 0.4) is 0 Å². The third-order valence-electron chi connectivity index (χ3n) is 5.01. The van der Waals surface area contributed by atoms with E-state index in [9.17, 15) is 0 Å². The lowest BCUT2D eigenvalue weighted by molar-refractivity contribution is -0.00680. The van der Waals surface area contributed by atoms with E-state index in [4.69, 9.17) is 0 Å². The van der Waals surface area contributed by atoms with Crippen molar-refractivity contribution in [3.8, 4) is 0 Å². The molecular weight excluding hydrogens is 210 g/mol. The van der Waals surface area contributed by atoms with E-state index in [0.29, 0.717) is 0 Å². The minimum atomic E-state index is 0.754. The fourth-order valence-corrected chi connectivity index (χ4v) is 4.04. The van der Waals surface area contributed by atoms with Crippen molar-refractivity contribution in [1.82, 2.24) is 15.1 Å². The van der Waals surface area contributed by atoms with Crippen LogP contribution in [0.2, 0.25) is 0 Å². The summed E-state index contributed by atoms with van der Waals surface area (Å²) < 4.78 is 0. The maximum absolute atomic E-state index is 3.68. The minimum absolute atomic E-state index is 0.754. The van der Waals surface area contributed by atoms with Crippen LogP contribution in [-0.4, -0.2) is 61.2 Å². The number of nitrogens with one attached hydrogen (secondary N) is 1. The highest BCUT2D eigenvalue weighted by Gasteiger charge is 2.38. The van der Waals surface area contributed by atoms with Crippen LogP contribution in [0, 0.1) is 5.92 Å². The molecule has 2 bridgehead atoms. The van der Waals surface area contributed by atoms with Gasteiger partial charge in [0, 0.05) is 38.3 Å². The smallest absolute Gasteiger partial charge is 0.0253 e. The first-order valence-electron chi connectivity index (χ1n) is 7.56. The summed E-state index contributed by atoms with van der Waals surface area (Å²) >= 11 is 0. The van der Waals surface area contributed by atoms with Crippen molar-refractivity contribution in [2.24, 2.45) is 5.92 Å². The predicted octanol–water partition coefficient (Wildman–Crippen LogP) is 1.15. The SMILES string of the molecule is CCCC1CN(C2CN3CCC2CC3)CCN1. The molecule has 3 nitrogen and oxygen atoms in total. The summed E-state index contributed by atoms with van der Waals surface area (Å²) in [5, 5.41) is 3.68. The Bertz CT molecular complexity index is 246. The zero-order valence-electron chi connectivity index (χ0n) is 11.2. The molecule has 0 aromatic carbocycles. The first-order chi connectivity index (χ1) is 8.36. The molecule has 4 saturated heterocycles. The number of hydrogen-bond donors (Lipinski definition) is 1. The summed E-state index contributed by atoms with van der Waals surface area (Å²) in [6.07, 6.45) is 5.56. The van der Waals surface area contributed by atoms with E-state index in [1.807, 2.05) is 0 Å². The Hall–Kier alpha value is -0.120. The molecule has 0 aliphatic carbocycles. The summed E-state index contributed by atoms with van der Waals surface area (Å²) in [6, 6.07) is 1.63. The highest BCUT2D eigenvalue weighted by molar-refractivity contribution is 4.94. The molecule has 0 radical (unpaired) electrons. The Morgan fingerprint density at radius 2 is 1.94 bits per heavy atom. The lowest BCUT2D eigenvalue weighted by atomic mass is 9.82. The largest absolute Gasteiger partial charge is 0.311 e. The number of nitrogens with zero attached hydrogens (tertiary/aromatic N) is 2. The van der Waals surface area contributed by atoms with Gasteiger partial charge >= 0.3 is 0 Å². The van der Waals surface area contributed by atoms with Crippen LogP contribution in [0.15, 0.2) is 0 Å². The Morgan fingerprint density at radius 1 is 1.12 bits per heavy atom. The maximum atomic E-state index is 3.68. The van der Waals surface area contributed by atoms with Crippen LogP contribution in [0.25, 0.3) is 0 Å². The molecule has 0 spiro atoms. The molecule has 1 N–H and O–H groups in total. The van der Waals surface area contributed by atoms with Crippen LogP contribution in [-0.2, 0) is 0 Å². The van der Waals surface area contributed by atoms with Crippen molar-refractivity contribution in [2.75, 3.05) is 39.3 Å². The molecule has 0 aromatic rings. The lowest BCUT2D eigenvalue weighted by Gasteiger charge is -2.51. The van der Waals surface area contributed by atoms with Gasteiger partial charge in [-0.25, -0.2) is 0 Å². The van der Waals surface area contributed by atoms with Gasteiger partial charge in [0.25, 0.3) is 0 Å². The van der Waals surface area contributed by atoms with Gasteiger partial charge in [0.05, 0.1) is 0 Å². The fourth-order valence-electron chi connectivity index (χ4n) is 4.04. The lowest BCUT2D eigenvalue weighted by Crippen LogP contribution is -2.62.